The molecule has 0 saturated carbocycles. The molecule has 0 aliphatic carbocycles. The zero-order valence-electron chi connectivity index (χ0n) is 16.3. The number of ether oxygens (including phenoxy) is 3. The average Bonchev–Trinajstić information content (AvgIpc) is 3.40. The summed E-state index contributed by atoms with van der Waals surface area (Å²) in [6.45, 7) is 0. The molecule has 0 spiro atoms. The molecule has 2 aromatic heterocycles. The van der Waals surface area contributed by atoms with Gasteiger partial charge in [0, 0.05) is 25.9 Å². The maximum Gasteiger partial charge on any atom is 0.270 e. The van der Waals surface area contributed by atoms with Crippen LogP contribution in [0.15, 0.2) is 46.2 Å². The summed E-state index contributed by atoms with van der Waals surface area (Å²) in [5.41, 5.74) is 0. The van der Waals surface area contributed by atoms with E-state index in [4.69, 9.17) is 14.2 Å². The number of hydrogen-bond acceptors (Lipinski definition) is 9. The molecule has 0 fully saturated rings. The van der Waals surface area contributed by atoms with Crippen LogP contribution in [0.5, 0.6) is 17.2 Å². The normalized spacial score (nSPS) is 10.8. The summed E-state index contributed by atoms with van der Waals surface area (Å²) in [5, 5.41) is 16.9. The number of rotatable bonds is 7. The molecule has 11 heteroatoms. The summed E-state index contributed by atoms with van der Waals surface area (Å²) in [6.07, 6.45) is 0. The second-order valence-electron chi connectivity index (χ2n) is 5.93. The first-order valence-corrected chi connectivity index (χ1v) is 10.3. The van der Waals surface area contributed by atoms with Crippen molar-refractivity contribution in [1.29, 1.82) is 0 Å². The molecule has 4 rings (SSSR count). The van der Waals surface area contributed by atoms with Gasteiger partial charge in [0.2, 0.25) is 0 Å². The largest absolute Gasteiger partial charge is 0.497 e. The van der Waals surface area contributed by atoms with Gasteiger partial charge < -0.3 is 14.2 Å². The highest BCUT2D eigenvalue weighted by atomic mass is 32.2. The molecule has 0 unspecified atom stereocenters. The number of carbonyl (C=O) groups excluding carboxylic acids is 1. The third-order valence-corrected chi connectivity index (χ3v) is 6.58. The molecule has 9 nitrogen and oxygen atoms in total. The fourth-order valence-corrected chi connectivity index (χ4v) is 5.15. The highest BCUT2D eigenvalue weighted by Gasteiger charge is 2.23. The number of methoxy groups -OCH3 is 3. The Balaban J connectivity index is 1.83. The van der Waals surface area contributed by atoms with Gasteiger partial charge in [0.15, 0.2) is 11.5 Å². The Morgan fingerprint density at radius 3 is 2.60 bits per heavy atom. The summed E-state index contributed by atoms with van der Waals surface area (Å²) in [6, 6.07) is 11.4. The smallest absolute Gasteiger partial charge is 0.270 e. The second kappa shape index (κ2) is 8.59. The maximum atomic E-state index is 13.0. The number of amides is 1. The molecule has 30 heavy (non-hydrogen) atoms. The molecule has 1 amide bonds. The van der Waals surface area contributed by atoms with Crippen LogP contribution in [0.3, 0.4) is 0 Å². The predicted molar refractivity (Wildman–Crippen MR) is 114 cm³/mol. The highest BCUT2D eigenvalue weighted by Crippen LogP contribution is 2.46. The standard InChI is InChI=1S/C19H17N5O4S2/c1-26-10-5-4-6-11(7-10)29-16-12-8-13(27-2)14(28-3)9-15(12)30-17(16)18(25)20-19-21-23-24-22-19/h4-9H,1-3H3,(H2,20,21,22,23,24,25). The fourth-order valence-electron chi connectivity index (χ4n) is 2.81. The quantitative estimate of drug-likeness (QED) is 0.443. The van der Waals surface area contributed by atoms with E-state index in [1.807, 2.05) is 36.4 Å². The number of carbonyl (C=O) groups is 1. The Hall–Kier alpha value is -3.31. The Labute approximate surface area is 179 Å². The number of hydrogen-bond donors (Lipinski definition) is 2. The molecule has 2 aromatic carbocycles. The van der Waals surface area contributed by atoms with E-state index >= 15 is 0 Å². The highest BCUT2D eigenvalue weighted by molar-refractivity contribution is 7.99. The predicted octanol–water partition coefficient (Wildman–Crippen LogP) is 3.84. The van der Waals surface area contributed by atoms with E-state index in [1.165, 1.54) is 23.1 Å². The van der Waals surface area contributed by atoms with Crippen LogP contribution in [0.4, 0.5) is 5.95 Å². The van der Waals surface area contributed by atoms with Gasteiger partial charge in [-0.2, -0.15) is 5.21 Å². The van der Waals surface area contributed by atoms with Gasteiger partial charge in [-0.1, -0.05) is 22.9 Å². The number of aromatic amines is 1. The van der Waals surface area contributed by atoms with Crippen molar-refractivity contribution in [3.05, 3.63) is 41.3 Å². The first-order chi connectivity index (χ1) is 14.6. The van der Waals surface area contributed by atoms with Crippen molar-refractivity contribution in [2.24, 2.45) is 0 Å². The molecule has 2 heterocycles. The zero-order valence-corrected chi connectivity index (χ0v) is 17.9. The van der Waals surface area contributed by atoms with Crippen LogP contribution in [-0.2, 0) is 0 Å². The summed E-state index contributed by atoms with van der Waals surface area (Å²) in [4.78, 5) is 15.2. The molecule has 154 valence electrons. The maximum absolute atomic E-state index is 13.0. The zero-order chi connectivity index (χ0) is 21.1. The van der Waals surface area contributed by atoms with Crippen molar-refractivity contribution in [3.8, 4) is 17.2 Å². The van der Waals surface area contributed by atoms with Crippen molar-refractivity contribution in [1.82, 2.24) is 20.6 Å². The van der Waals surface area contributed by atoms with Crippen LogP contribution in [0.1, 0.15) is 9.67 Å². The molecular weight excluding hydrogens is 426 g/mol. The van der Waals surface area contributed by atoms with E-state index in [-0.39, 0.29) is 11.9 Å². The Bertz CT molecular complexity index is 1190. The molecule has 2 N–H and O–H groups in total. The van der Waals surface area contributed by atoms with Crippen molar-refractivity contribution in [3.63, 3.8) is 0 Å². The van der Waals surface area contributed by atoms with Gasteiger partial charge in [0.1, 0.15) is 10.6 Å². The number of H-pyrrole nitrogens is 1. The molecule has 0 bridgehead atoms. The number of nitrogens with one attached hydrogen (secondary N) is 2. The summed E-state index contributed by atoms with van der Waals surface area (Å²) in [5.74, 6) is 1.68. The van der Waals surface area contributed by atoms with E-state index in [1.54, 1.807) is 21.3 Å². The number of fused-ring (bicyclic) bond motifs is 1. The third kappa shape index (κ3) is 3.89. The van der Waals surface area contributed by atoms with Crippen LogP contribution >= 0.6 is 23.1 Å². The molecule has 0 saturated heterocycles. The summed E-state index contributed by atoms with van der Waals surface area (Å²) >= 11 is 2.81. The SMILES string of the molecule is COc1cccc(Sc2c(C(=O)Nc3nn[nH]n3)sc3cc(OC)c(OC)cc23)c1. The topological polar surface area (TPSA) is 111 Å². The van der Waals surface area contributed by atoms with Gasteiger partial charge in [-0.3, -0.25) is 10.1 Å². The molecule has 4 aromatic rings. The lowest BCUT2D eigenvalue weighted by molar-refractivity contribution is 0.102. The first kappa shape index (κ1) is 20.0. The van der Waals surface area contributed by atoms with Gasteiger partial charge in [0.05, 0.1) is 21.3 Å². The summed E-state index contributed by atoms with van der Waals surface area (Å²) < 4.78 is 17.1. The van der Waals surface area contributed by atoms with Crippen molar-refractivity contribution < 1.29 is 19.0 Å². The van der Waals surface area contributed by atoms with Crippen molar-refractivity contribution >= 4 is 45.0 Å². The lowest BCUT2D eigenvalue weighted by atomic mass is 10.2. The van der Waals surface area contributed by atoms with E-state index in [9.17, 15) is 4.79 Å². The number of aromatic nitrogens is 4. The van der Waals surface area contributed by atoms with Gasteiger partial charge in [-0.25, -0.2) is 0 Å². The van der Waals surface area contributed by atoms with Crippen LogP contribution < -0.4 is 19.5 Å². The second-order valence-corrected chi connectivity index (χ2v) is 8.07. The van der Waals surface area contributed by atoms with Crippen LogP contribution in [-0.4, -0.2) is 47.9 Å². The van der Waals surface area contributed by atoms with Gasteiger partial charge in [-0.15, -0.1) is 16.4 Å². The molecule has 0 aliphatic heterocycles. The minimum Gasteiger partial charge on any atom is -0.497 e. The van der Waals surface area contributed by atoms with E-state index in [0.717, 1.165) is 25.6 Å². The van der Waals surface area contributed by atoms with Crippen molar-refractivity contribution in [2.45, 2.75) is 9.79 Å². The van der Waals surface area contributed by atoms with Gasteiger partial charge in [0.25, 0.3) is 11.9 Å². The average molecular weight is 444 g/mol. The van der Waals surface area contributed by atoms with Gasteiger partial charge >= 0.3 is 0 Å². The lowest BCUT2D eigenvalue weighted by Gasteiger charge is -2.09. The number of thiophene rings is 1. The van der Waals surface area contributed by atoms with Crippen LogP contribution in [0.25, 0.3) is 10.1 Å². The number of benzene rings is 2. The molecule has 0 aliphatic rings. The van der Waals surface area contributed by atoms with E-state index < -0.39 is 0 Å². The Morgan fingerprint density at radius 1 is 1.10 bits per heavy atom. The first-order valence-electron chi connectivity index (χ1n) is 8.68. The Morgan fingerprint density at radius 2 is 1.90 bits per heavy atom. The molecule has 0 atom stereocenters. The minimum absolute atomic E-state index is 0.102. The van der Waals surface area contributed by atoms with Crippen molar-refractivity contribution in [2.75, 3.05) is 26.6 Å². The lowest BCUT2D eigenvalue weighted by Crippen LogP contribution is -2.12. The summed E-state index contributed by atoms with van der Waals surface area (Å²) in [7, 11) is 4.77. The Kier molecular flexibility index (Phi) is 5.72. The minimum atomic E-state index is -0.332. The van der Waals surface area contributed by atoms with E-state index in [2.05, 4.69) is 25.9 Å². The van der Waals surface area contributed by atoms with E-state index in [0.29, 0.717) is 16.4 Å². The van der Waals surface area contributed by atoms with Crippen LogP contribution in [0, 0.1) is 0 Å². The number of tetrazole rings is 1. The van der Waals surface area contributed by atoms with Crippen LogP contribution in [0.2, 0.25) is 0 Å². The number of anilines is 1. The molecular formula is C19H17N5O4S2. The van der Waals surface area contributed by atoms with Gasteiger partial charge in [-0.05, 0) is 29.5 Å². The fraction of sp³-hybridized carbons (Fsp3) is 0.158. The monoisotopic (exact) mass is 443 g/mol. The number of nitrogens with zero attached hydrogens (tertiary/aromatic N) is 3. The third-order valence-electron chi connectivity index (χ3n) is 4.19. The molecule has 0 radical (unpaired) electrons.